The van der Waals surface area contributed by atoms with Crippen LogP contribution in [-0.2, 0) is 5.41 Å². The lowest BCUT2D eigenvalue weighted by Crippen LogP contribution is -2.50. The lowest BCUT2D eigenvalue weighted by atomic mass is 9.37. The van der Waals surface area contributed by atoms with E-state index < -0.39 is 0 Å². The Kier molecular flexibility index (Phi) is 7.06. The fraction of sp³-hybridized carbons (Fsp3) is 0.0566. The summed E-state index contributed by atoms with van der Waals surface area (Å²) in [6.07, 6.45) is 0. The first kappa shape index (κ1) is 31.9. The van der Waals surface area contributed by atoms with Crippen LogP contribution < -0.4 is 21.3 Å². The van der Waals surface area contributed by atoms with E-state index in [2.05, 4.69) is 213 Å². The number of fused-ring (bicyclic) bond motifs is 7. The summed E-state index contributed by atoms with van der Waals surface area (Å²) in [6.45, 7) is 4.74. The molecule has 11 rings (SSSR count). The second-order valence-corrected chi connectivity index (χ2v) is 15.7. The molecule has 1 nitrogen and oxygen atoms in total. The van der Waals surface area contributed by atoms with Crippen LogP contribution in [0.2, 0.25) is 0 Å². The molecule has 0 atom stereocenters. The number of anilines is 3. The summed E-state index contributed by atoms with van der Waals surface area (Å²) < 4.78 is 0. The molecule has 0 unspecified atom stereocenters. The van der Waals surface area contributed by atoms with E-state index in [4.69, 9.17) is 0 Å². The van der Waals surface area contributed by atoms with E-state index in [1.54, 1.807) is 0 Å². The predicted molar refractivity (Wildman–Crippen MR) is 236 cm³/mol. The van der Waals surface area contributed by atoms with Gasteiger partial charge in [-0.3, -0.25) is 0 Å². The fourth-order valence-electron chi connectivity index (χ4n) is 9.78. The summed E-state index contributed by atoms with van der Waals surface area (Å²) in [7, 11) is 0. The molecule has 0 bridgehead atoms. The molecule has 0 amide bonds. The molecule has 0 saturated carbocycles. The van der Waals surface area contributed by atoms with Gasteiger partial charge in [-0.25, -0.2) is 0 Å². The van der Waals surface area contributed by atoms with E-state index >= 15 is 0 Å². The van der Waals surface area contributed by atoms with Gasteiger partial charge in [0.1, 0.15) is 0 Å². The van der Waals surface area contributed by atoms with Crippen LogP contribution in [0.4, 0.5) is 17.1 Å². The highest BCUT2D eigenvalue weighted by Gasteiger charge is 2.39. The molecule has 258 valence electrons. The Morgan fingerprint density at radius 2 is 1.02 bits per heavy atom. The van der Waals surface area contributed by atoms with Crippen molar-refractivity contribution >= 4 is 61.7 Å². The van der Waals surface area contributed by atoms with Gasteiger partial charge in [0.2, 0.25) is 6.71 Å². The SMILES string of the molecule is CC1(C)c2ccccc2N(c2ccc3cc(B4c5c(-c6ccccc6)cccc5-c5cc6ccccc6c(-c6ccccc6)c54)ccc3c2)c2ccccc21. The summed E-state index contributed by atoms with van der Waals surface area (Å²) in [5, 5.41) is 5.04. The van der Waals surface area contributed by atoms with Gasteiger partial charge < -0.3 is 4.90 Å². The molecule has 0 aromatic heterocycles. The van der Waals surface area contributed by atoms with Crippen LogP contribution in [0.25, 0.3) is 54.9 Å². The standard InChI is InChI=1S/C53H38BN/c1-53(2)46-24-11-13-26-48(46)55(49-27-14-12-25-47(49)53)41-31-29-37-32-40(30-28-38(37)33-41)54-51-43(35-16-5-3-6-17-35)22-15-23-44(51)45-34-39-20-9-10-21-42(39)50(52(45)54)36-18-7-4-8-19-36/h3-34H,1-2H3. The zero-order chi connectivity index (χ0) is 36.7. The number of nitrogens with zero attached hydrogens (tertiary/aromatic N) is 1. The molecule has 2 heteroatoms. The average molecular weight is 700 g/mol. The Bertz CT molecular complexity index is 2910. The van der Waals surface area contributed by atoms with Crippen molar-refractivity contribution in [2.24, 2.45) is 0 Å². The first-order valence-electron chi connectivity index (χ1n) is 19.4. The highest BCUT2D eigenvalue weighted by molar-refractivity contribution is 7.01. The molecule has 55 heavy (non-hydrogen) atoms. The van der Waals surface area contributed by atoms with E-state index in [0.29, 0.717) is 0 Å². The second kappa shape index (κ2) is 12.2. The molecule has 0 radical (unpaired) electrons. The Labute approximate surface area is 323 Å². The van der Waals surface area contributed by atoms with Gasteiger partial charge >= 0.3 is 0 Å². The third-order valence-corrected chi connectivity index (χ3v) is 12.3. The molecular formula is C53H38BN. The van der Waals surface area contributed by atoms with E-state index in [0.717, 1.165) is 0 Å². The van der Waals surface area contributed by atoms with Crippen molar-refractivity contribution in [3.63, 3.8) is 0 Å². The lowest BCUT2D eigenvalue weighted by Gasteiger charge is -2.42. The quantitative estimate of drug-likeness (QED) is 0.165. The molecule has 2 heterocycles. The maximum absolute atomic E-state index is 2.45. The number of rotatable bonds is 4. The topological polar surface area (TPSA) is 3.24 Å². The molecule has 0 fully saturated rings. The van der Waals surface area contributed by atoms with Crippen LogP contribution in [0.1, 0.15) is 25.0 Å². The van der Waals surface area contributed by atoms with E-state index in [1.807, 2.05) is 0 Å². The lowest BCUT2D eigenvalue weighted by molar-refractivity contribution is 0.632. The third kappa shape index (κ3) is 4.81. The van der Waals surface area contributed by atoms with Gasteiger partial charge in [0, 0.05) is 11.1 Å². The molecule has 0 aliphatic carbocycles. The molecule has 2 aliphatic heterocycles. The first-order chi connectivity index (χ1) is 27.1. The minimum atomic E-state index is -0.0914. The van der Waals surface area contributed by atoms with Gasteiger partial charge in [-0.1, -0.05) is 194 Å². The minimum Gasteiger partial charge on any atom is -0.310 e. The van der Waals surface area contributed by atoms with Crippen molar-refractivity contribution in [1.29, 1.82) is 0 Å². The monoisotopic (exact) mass is 699 g/mol. The molecule has 2 aliphatic rings. The van der Waals surface area contributed by atoms with Crippen LogP contribution in [0.5, 0.6) is 0 Å². The van der Waals surface area contributed by atoms with Crippen LogP contribution >= 0.6 is 0 Å². The van der Waals surface area contributed by atoms with Crippen molar-refractivity contribution in [2.75, 3.05) is 4.90 Å². The number of hydrogen-bond acceptors (Lipinski definition) is 1. The van der Waals surface area contributed by atoms with Gasteiger partial charge in [-0.15, -0.1) is 0 Å². The predicted octanol–water partition coefficient (Wildman–Crippen LogP) is 11.9. The summed E-state index contributed by atoms with van der Waals surface area (Å²) in [5.41, 5.74) is 18.1. The van der Waals surface area contributed by atoms with E-state index in [1.165, 1.54) is 99.5 Å². The van der Waals surface area contributed by atoms with Gasteiger partial charge in [0.25, 0.3) is 0 Å². The molecule has 9 aromatic rings. The van der Waals surface area contributed by atoms with Gasteiger partial charge in [-0.05, 0) is 96.4 Å². The summed E-state index contributed by atoms with van der Waals surface area (Å²) in [4.78, 5) is 2.45. The summed E-state index contributed by atoms with van der Waals surface area (Å²) in [5.74, 6) is 0. The van der Waals surface area contributed by atoms with Crippen molar-refractivity contribution < 1.29 is 0 Å². The molecular weight excluding hydrogens is 661 g/mol. The minimum absolute atomic E-state index is 0.0494. The Morgan fingerprint density at radius 1 is 0.418 bits per heavy atom. The average Bonchev–Trinajstić information content (AvgIpc) is 3.57. The zero-order valence-electron chi connectivity index (χ0n) is 31.0. The Morgan fingerprint density at radius 3 is 1.76 bits per heavy atom. The number of hydrogen-bond donors (Lipinski definition) is 0. The van der Waals surface area contributed by atoms with Crippen LogP contribution in [0.3, 0.4) is 0 Å². The molecule has 0 saturated heterocycles. The Balaban J connectivity index is 1.13. The summed E-state index contributed by atoms with van der Waals surface area (Å²) >= 11 is 0. The zero-order valence-corrected chi connectivity index (χ0v) is 31.0. The van der Waals surface area contributed by atoms with Crippen LogP contribution in [0.15, 0.2) is 194 Å². The second-order valence-electron chi connectivity index (χ2n) is 15.7. The third-order valence-electron chi connectivity index (χ3n) is 12.3. The molecule has 9 aromatic carbocycles. The highest BCUT2D eigenvalue weighted by Crippen LogP contribution is 2.52. The maximum Gasteiger partial charge on any atom is 0.244 e. The van der Waals surface area contributed by atoms with Gasteiger partial charge in [-0.2, -0.15) is 0 Å². The summed E-state index contributed by atoms with van der Waals surface area (Å²) in [6, 6.07) is 72.2. The van der Waals surface area contributed by atoms with Crippen molar-refractivity contribution in [2.45, 2.75) is 19.3 Å². The van der Waals surface area contributed by atoms with E-state index in [9.17, 15) is 0 Å². The number of benzene rings is 9. The van der Waals surface area contributed by atoms with Crippen molar-refractivity contribution in [1.82, 2.24) is 0 Å². The van der Waals surface area contributed by atoms with E-state index in [-0.39, 0.29) is 12.1 Å². The normalized spacial score (nSPS) is 13.7. The van der Waals surface area contributed by atoms with Crippen LogP contribution in [-0.4, -0.2) is 6.71 Å². The molecule has 0 N–H and O–H groups in total. The van der Waals surface area contributed by atoms with Gasteiger partial charge in [0.05, 0.1) is 11.4 Å². The van der Waals surface area contributed by atoms with Gasteiger partial charge in [0.15, 0.2) is 0 Å². The smallest absolute Gasteiger partial charge is 0.244 e. The maximum atomic E-state index is 2.45. The van der Waals surface area contributed by atoms with Crippen molar-refractivity contribution in [3.05, 3.63) is 205 Å². The largest absolute Gasteiger partial charge is 0.310 e. The molecule has 0 spiro atoms. The highest BCUT2D eigenvalue weighted by atomic mass is 15.2. The first-order valence-corrected chi connectivity index (χ1v) is 19.4. The van der Waals surface area contributed by atoms with Crippen molar-refractivity contribution in [3.8, 4) is 33.4 Å². The number of para-hydroxylation sites is 2. The van der Waals surface area contributed by atoms with Crippen LogP contribution in [0, 0.1) is 0 Å². The fourth-order valence-corrected chi connectivity index (χ4v) is 9.78. The Hall–Kier alpha value is -6.64.